The van der Waals surface area contributed by atoms with Crippen molar-refractivity contribution < 1.29 is 4.79 Å². The van der Waals surface area contributed by atoms with Gasteiger partial charge < -0.3 is 5.32 Å². The average Bonchev–Trinajstić information content (AvgIpc) is 2.02. The Labute approximate surface area is 78.2 Å². The lowest BCUT2D eigenvalue weighted by Gasteiger charge is -2.06. The summed E-state index contributed by atoms with van der Waals surface area (Å²) in [6, 6.07) is 2.01. The SMILES string of the molecule is CC(=O)NCc1cnc(C)cc1C. The summed E-state index contributed by atoms with van der Waals surface area (Å²) < 4.78 is 0. The molecule has 70 valence electrons. The Balaban J connectivity index is 2.72. The van der Waals surface area contributed by atoms with E-state index in [0.29, 0.717) is 6.54 Å². The van der Waals surface area contributed by atoms with Crippen LogP contribution in [0.2, 0.25) is 0 Å². The van der Waals surface area contributed by atoms with Crippen molar-refractivity contribution in [3.05, 3.63) is 29.1 Å². The molecule has 13 heavy (non-hydrogen) atoms. The van der Waals surface area contributed by atoms with Gasteiger partial charge in [0.15, 0.2) is 0 Å². The third kappa shape index (κ3) is 2.86. The van der Waals surface area contributed by atoms with Crippen LogP contribution in [0.5, 0.6) is 0 Å². The molecule has 0 bridgehead atoms. The molecule has 1 amide bonds. The maximum Gasteiger partial charge on any atom is 0.217 e. The topological polar surface area (TPSA) is 42.0 Å². The molecule has 0 saturated heterocycles. The highest BCUT2D eigenvalue weighted by molar-refractivity contribution is 5.72. The van der Waals surface area contributed by atoms with Crippen LogP contribution in [-0.4, -0.2) is 10.9 Å². The summed E-state index contributed by atoms with van der Waals surface area (Å²) in [6.45, 7) is 6.05. The van der Waals surface area contributed by atoms with E-state index in [4.69, 9.17) is 0 Å². The Hall–Kier alpha value is -1.38. The van der Waals surface area contributed by atoms with Gasteiger partial charge in [-0.1, -0.05) is 0 Å². The van der Waals surface area contributed by atoms with Crippen molar-refractivity contribution in [2.45, 2.75) is 27.3 Å². The molecule has 0 unspecified atom stereocenters. The molecule has 0 aromatic carbocycles. The predicted octanol–water partition coefficient (Wildman–Crippen LogP) is 1.33. The van der Waals surface area contributed by atoms with Gasteiger partial charge in [0.1, 0.15) is 0 Å². The summed E-state index contributed by atoms with van der Waals surface area (Å²) in [6.07, 6.45) is 1.81. The van der Waals surface area contributed by atoms with Crippen LogP contribution in [0, 0.1) is 13.8 Å². The number of hydrogen-bond acceptors (Lipinski definition) is 2. The Bertz CT molecular complexity index is 321. The highest BCUT2D eigenvalue weighted by Gasteiger charge is 1.99. The van der Waals surface area contributed by atoms with Crippen LogP contribution in [0.3, 0.4) is 0 Å². The van der Waals surface area contributed by atoms with E-state index < -0.39 is 0 Å². The maximum atomic E-state index is 10.7. The molecule has 3 nitrogen and oxygen atoms in total. The molecule has 1 N–H and O–H groups in total. The quantitative estimate of drug-likeness (QED) is 0.742. The number of carbonyl (C=O) groups is 1. The summed E-state index contributed by atoms with van der Waals surface area (Å²) in [4.78, 5) is 14.8. The van der Waals surface area contributed by atoms with E-state index in [9.17, 15) is 4.79 Å². The molecule has 0 aliphatic heterocycles. The van der Waals surface area contributed by atoms with Gasteiger partial charge in [0.2, 0.25) is 5.91 Å². The van der Waals surface area contributed by atoms with Crippen LogP contribution < -0.4 is 5.32 Å². The minimum atomic E-state index is -0.0139. The molecule has 0 radical (unpaired) electrons. The van der Waals surface area contributed by atoms with Crippen molar-refractivity contribution in [1.82, 2.24) is 10.3 Å². The van der Waals surface area contributed by atoms with Gasteiger partial charge in [0.05, 0.1) is 0 Å². The first-order valence-electron chi connectivity index (χ1n) is 4.26. The minimum Gasteiger partial charge on any atom is -0.352 e. The molecule has 1 aromatic rings. The van der Waals surface area contributed by atoms with E-state index in [2.05, 4.69) is 10.3 Å². The number of pyridine rings is 1. The second kappa shape index (κ2) is 4.03. The number of nitrogens with one attached hydrogen (secondary N) is 1. The lowest BCUT2D eigenvalue weighted by Crippen LogP contribution is -2.19. The van der Waals surface area contributed by atoms with Crippen molar-refractivity contribution in [3.63, 3.8) is 0 Å². The first-order valence-corrected chi connectivity index (χ1v) is 4.26. The van der Waals surface area contributed by atoms with Gasteiger partial charge in [-0.25, -0.2) is 0 Å². The maximum absolute atomic E-state index is 10.7. The number of hydrogen-bond donors (Lipinski definition) is 1. The summed E-state index contributed by atoms with van der Waals surface area (Å²) in [5.74, 6) is -0.0139. The van der Waals surface area contributed by atoms with E-state index in [1.807, 2.05) is 19.9 Å². The number of aromatic nitrogens is 1. The fourth-order valence-corrected chi connectivity index (χ4v) is 1.13. The summed E-state index contributed by atoms with van der Waals surface area (Å²) >= 11 is 0. The van der Waals surface area contributed by atoms with Gasteiger partial charge in [0, 0.05) is 25.4 Å². The van der Waals surface area contributed by atoms with Crippen LogP contribution in [0.1, 0.15) is 23.7 Å². The molecule has 1 aromatic heterocycles. The zero-order valence-corrected chi connectivity index (χ0v) is 8.22. The molecule has 0 aliphatic rings. The van der Waals surface area contributed by atoms with Crippen molar-refractivity contribution in [2.75, 3.05) is 0 Å². The standard InChI is InChI=1S/C10H14N2O/c1-7-4-8(2)11-5-10(7)6-12-9(3)13/h4-5H,6H2,1-3H3,(H,12,13). The Morgan fingerprint density at radius 2 is 2.23 bits per heavy atom. The van der Waals surface area contributed by atoms with Crippen LogP contribution in [-0.2, 0) is 11.3 Å². The van der Waals surface area contributed by atoms with E-state index in [1.165, 1.54) is 12.5 Å². The van der Waals surface area contributed by atoms with Crippen molar-refractivity contribution >= 4 is 5.91 Å². The highest BCUT2D eigenvalue weighted by atomic mass is 16.1. The predicted molar refractivity (Wildman–Crippen MR) is 51.2 cm³/mol. The Morgan fingerprint density at radius 1 is 1.54 bits per heavy atom. The first kappa shape index (κ1) is 9.71. The largest absolute Gasteiger partial charge is 0.352 e. The van der Waals surface area contributed by atoms with Gasteiger partial charge in [-0.3, -0.25) is 9.78 Å². The first-order chi connectivity index (χ1) is 6.09. The molecule has 1 rings (SSSR count). The van der Waals surface area contributed by atoms with Gasteiger partial charge in [0.25, 0.3) is 0 Å². The fourth-order valence-electron chi connectivity index (χ4n) is 1.13. The molecule has 3 heteroatoms. The summed E-state index contributed by atoms with van der Waals surface area (Å²) in [5, 5.41) is 2.74. The molecular formula is C10H14N2O. The average molecular weight is 178 g/mol. The van der Waals surface area contributed by atoms with Crippen LogP contribution >= 0.6 is 0 Å². The molecule has 0 saturated carbocycles. The van der Waals surface area contributed by atoms with Crippen molar-refractivity contribution in [1.29, 1.82) is 0 Å². The van der Waals surface area contributed by atoms with E-state index in [-0.39, 0.29) is 5.91 Å². The monoisotopic (exact) mass is 178 g/mol. The Kier molecular flexibility index (Phi) is 3.01. The molecule has 0 spiro atoms. The van der Waals surface area contributed by atoms with Crippen LogP contribution in [0.25, 0.3) is 0 Å². The molecule has 0 aliphatic carbocycles. The number of amides is 1. The second-order valence-electron chi connectivity index (χ2n) is 3.16. The molecule has 0 fully saturated rings. The highest BCUT2D eigenvalue weighted by Crippen LogP contribution is 2.06. The fraction of sp³-hybridized carbons (Fsp3) is 0.400. The number of aryl methyl sites for hydroxylation is 2. The summed E-state index contributed by atoms with van der Waals surface area (Å²) in [5.41, 5.74) is 3.24. The Morgan fingerprint density at radius 3 is 2.77 bits per heavy atom. The van der Waals surface area contributed by atoms with Crippen molar-refractivity contribution in [3.8, 4) is 0 Å². The van der Waals surface area contributed by atoms with Crippen LogP contribution in [0.15, 0.2) is 12.3 Å². The number of carbonyl (C=O) groups excluding carboxylic acids is 1. The third-order valence-electron chi connectivity index (χ3n) is 1.88. The summed E-state index contributed by atoms with van der Waals surface area (Å²) in [7, 11) is 0. The van der Waals surface area contributed by atoms with Crippen molar-refractivity contribution in [2.24, 2.45) is 0 Å². The van der Waals surface area contributed by atoms with E-state index >= 15 is 0 Å². The second-order valence-corrected chi connectivity index (χ2v) is 3.16. The van der Waals surface area contributed by atoms with E-state index in [0.717, 1.165) is 11.3 Å². The zero-order valence-electron chi connectivity index (χ0n) is 8.22. The van der Waals surface area contributed by atoms with Gasteiger partial charge in [-0.2, -0.15) is 0 Å². The van der Waals surface area contributed by atoms with Crippen LogP contribution in [0.4, 0.5) is 0 Å². The number of nitrogens with zero attached hydrogens (tertiary/aromatic N) is 1. The third-order valence-corrected chi connectivity index (χ3v) is 1.88. The lowest BCUT2D eigenvalue weighted by atomic mass is 10.1. The number of rotatable bonds is 2. The molecule has 1 heterocycles. The van der Waals surface area contributed by atoms with E-state index in [1.54, 1.807) is 6.20 Å². The van der Waals surface area contributed by atoms with Gasteiger partial charge in [-0.15, -0.1) is 0 Å². The van der Waals surface area contributed by atoms with Gasteiger partial charge >= 0.3 is 0 Å². The molecular weight excluding hydrogens is 164 g/mol. The molecule has 0 atom stereocenters. The smallest absolute Gasteiger partial charge is 0.217 e. The normalized spacial score (nSPS) is 9.77. The van der Waals surface area contributed by atoms with Gasteiger partial charge in [-0.05, 0) is 31.0 Å². The lowest BCUT2D eigenvalue weighted by molar-refractivity contribution is -0.119. The zero-order chi connectivity index (χ0) is 9.84. The minimum absolute atomic E-state index is 0.0139.